The van der Waals surface area contributed by atoms with Crippen LogP contribution >= 0.6 is 0 Å². The topological polar surface area (TPSA) is 76.1 Å². The Kier molecular flexibility index (Phi) is 6.63. The third-order valence-electron chi connectivity index (χ3n) is 5.56. The van der Waals surface area contributed by atoms with Gasteiger partial charge >= 0.3 is 0 Å². The van der Waals surface area contributed by atoms with Crippen LogP contribution in [-0.2, 0) is 9.59 Å². The number of Topliss-reactive ketones (excluding diaryl/α,β-unsaturated/α-hetero) is 1. The summed E-state index contributed by atoms with van der Waals surface area (Å²) in [6.45, 7) is 2.48. The molecule has 3 aromatic rings. The van der Waals surface area contributed by atoms with E-state index in [4.69, 9.17) is 9.47 Å². The summed E-state index contributed by atoms with van der Waals surface area (Å²) in [6, 6.07) is 17.9. The molecule has 0 bridgehead atoms. The van der Waals surface area contributed by atoms with E-state index in [9.17, 15) is 19.1 Å². The molecule has 1 saturated heterocycles. The molecule has 1 atom stereocenters. The predicted molar refractivity (Wildman–Crippen MR) is 126 cm³/mol. The van der Waals surface area contributed by atoms with Crippen LogP contribution in [0, 0.1) is 5.82 Å². The van der Waals surface area contributed by atoms with Crippen LogP contribution in [0.1, 0.15) is 30.5 Å². The number of nitrogens with zero attached hydrogens (tertiary/aromatic N) is 1. The second-order valence-corrected chi connectivity index (χ2v) is 7.76. The molecule has 1 fully saturated rings. The molecule has 1 aliphatic heterocycles. The molecule has 6 nitrogen and oxygen atoms in total. The van der Waals surface area contributed by atoms with Crippen molar-refractivity contribution in [3.8, 4) is 11.5 Å². The van der Waals surface area contributed by atoms with Crippen molar-refractivity contribution in [2.45, 2.75) is 19.4 Å². The lowest BCUT2D eigenvalue weighted by Crippen LogP contribution is -2.29. The molecule has 1 N–H and O–H groups in total. The summed E-state index contributed by atoms with van der Waals surface area (Å²) in [5, 5.41) is 11.3. The Morgan fingerprint density at radius 1 is 1.03 bits per heavy atom. The molecule has 34 heavy (non-hydrogen) atoms. The van der Waals surface area contributed by atoms with Crippen molar-refractivity contribution >= 4 is 23.1 Å². The summed E-state index contributed by atoms with van der Waals surface area (Å²) in [5.74, 6) is -1.51. The highest BCUT2D eigenvalue weighted by Gasteiger charge is 2.47. The van der Waals surface area contributed by atoms with Gasteiger partial charge in [0.1, 0.15) is 23.1 Å². The summed E-state index contributed by atoms with van der Waals surface area (Å²) >= 11 is 0. The van der Waals surface area contributed by atoms with Crippen LogP contribution in [0.15, 0.2) is 78.4 Å². The molecule has 1 unspecified atom stereocenters. The quantitative estimate of drug-likeness (QED) is 0.296. The van der Waals surface area contributed by atoms with E-state index < -0.39 is 23.5 Å². The van der Waals surface area contributed by atoms with Crippen molar-refractivity contribution in [2.24, 2.45) is 0 Å². The number of ether oxygens (including phenoxy) is 2. The molecule has 3 aromatic carbocycles. The predicted octanol–water partition coefficient (Wildman–Crippen LogP) is 5.25. The summed E-state index contributed by atoms with van der Waals surface area (Å²) in [4.78, 5) is 27.7. The third kappa shape index (κ3) is 4.24. The number of halogens is 1. The Bertz CT molecular complexity index is 1250. The largest absolute Gasteiger partial charge is 0.507 e. The molecule has 0 radical (unpaired) electrons. The summed E-state index contributed by atoms with van der Waals surface area (Å²) < 4.78 is 24.7. The number of methoxy groups -OCH3 is 1. The number of ketones is 1. The van der Waals surface area contributed by atoms with Gasteiger partial charge in [-0.3, -0.25) is 14.5 Å². The Balaban J connectivity index is 1.92. The molecule has 0 aliphatic carbocycles. The number of benzene rings is 3. The second-order valence-electron chi connectivity index (χ2n) is 7.76. The van der Waals surface area contributed by atoms with Gasteiger partial charge in [-0.15, -0.1) is 0 Å². The molecule has 1 aliphatic rings. The van der Waals surface area contributed by atoms with Crippen LogP contribution < -0.4 is 14.4 Å². The molecule has 0 aromatic heterocycles. The monoisotopic (exact) mass is 461 g/mol. The lowest BCUT2D eigenvalue weighted by atomic mass is 9.94. The zero-order valence-corrected chi connectivity index (χ0v) is 18.8. The number of aliphatic hydroxyl groups excluding tert-OH is 1. The number of amides is 1. The highest BCUT2D eigenvalue weighted by atomic mass is 19.1. The van der Waals surface area contributed by atoms with Gasteiger partial charge < -0.3 is 14.6 Å². The van der Waals surface area contributed by atoms with Crippen molar-refractivity contribution in [3.05, 3.63) is 95.3 Å². The number of para-hydroxylation sites is 1. The number of anilines is 1. The van der Waals surface area contributed by atoms with Crippen LogP contribution in [0.25, 0.3) is 5.76 Å². The first kappa shape index (κ1) is 23.0. The van der Waals surface area contributed by atoms with E-state index in [-0.39, 0.29) is 11.3 Å². The highest BCUT2D eigenvalue weighted by molar-refractivity contribution is 6.51. The van der Waals surface area contributed by atoms with E-state index in [0.717, 1.165) is 6.42 Å². The van der Waals surface area contributed by atoms with Crippen molar-refractivity contribution < 1.29 is 28.6 Å². The van der Waals surface area contributed by atoms with Crippen LogP contribution in [0.3, 0.4) is 0 Å². The van der Waals surface area contributed by atoms with Crippen LogP contribution in [0.5, 0.6) is 11.5 Å². The van der Waals surface area contributed by atoms with Crippen LogP contribution in [0.2, 0.25) is 0 Å². The van der Waals surface area contributed by atoms with Crippen molar-refractivity contribution in [3.63, 3.8) is 0 Å². The fourth-order valence-electron chi connectivity index (χ4n) is 4.00. The minimum atomic E-state index is -0.984. The van der Waals surface area contributed by atoms with Gasteiger partial charge in [0.05, 0.1) is 25.3 Å². The number of aliphatic hydroxyl groups is 1. The lowest BCUT2D eigenvalue weighted by Gasteiger charge is -2.26. The van der Waals surface area contributed by atoms with Crippen molar-refractivity contribution in [1.29, 1.82) is 0 Å². The number of carbonyl (C=O) groups excluding carboxylic acids is 2. The number of hydrogen-bond acceptors (Lipinski definition) is 5. The van der Waals surface area contributed by atoms with E-state index in [1.165, 1.54) is 36.3 Å². The van der Waals surface area contributed by atoms with E-state index >= 15 is 0 Å². The minimum absolute atomic E-state index is 0.0912. The van der Waals surface area contributed by atoms with Crippen molar-refractivity contribution in [1.82, 2.24) is 0 Å². The van der Waals surface area contributed by atoms with Gasteiger partial charge in [-0.1, -0.05) is 37.3 Å². The zero-order valence-electron chi connectivity index (χ0n) is 18.8. The van der Waals surface area contributed by atoms with Crippen LogP contribution in [0.4, 0.5) is 10.1 Å². The maximum absolute atomic E-state index is 13.6. The summed E-state index contributed by atoms with van der Waals surface area (Å²) in [6.07, 6.45) is 0.812. The third-order valence-corrected chi connectivity index (χ3v) is 5.56. The summed E-state index contributed by atoms with van der Waals surface area (Å²) in [5.41, 5.74) is 1.07. The van der Waals surface area contributed by atoms with Gasteiger partial charge in [-0.25, -0.2) is 4.39 Å². The number of hydrogen-bond donors (Lipinski definition) is 1. The molecule has 4 rings (SSSR count). The van der Waals surface area contributed by atoms with E-state index in [0.29, 0.717) is 34.9 Å². The van der Waals surface area contributed by atoms with Gasteiger partial charge in [-0.2, -0.15) is 0 Å². The maximum atomic E-state index is 13.6. The lowest BCUT2D eigenvalue weighted by molar-refractivity contribution is -0.132. The van der Waals surface area contributed by atoms with Gasteiger partial charge in [0.25, 0.3) is 11.7 Å². The molecular formula is C27H24FNO5. The molecule has 0 spiro atoms. The number of rotatable bonds is 7. The minimum Gasteiger partial charge on any atom is -0.507 e. The first-order chi connectivity index (χ1) is 16.5. The molecule has 174 valence electrons. The molecule has 7 heteroatoms. The zero-order chi connectivity index (χ0) is 24.2. The van der Waals surface area contributed by atoms with Crippen molar-refractivity contribution in [2.75, 3.05) is 18.6 Å². The highest BCUT2D eigenvalue weighted by Crippen LogP contribution is 2.45. The first-order valence-corrected chi connectivity index (χ1v) is 10.9. The van der Waals surface area contributed by atoms with Gasteiger partial charge in [-0.05, 0) is 48.9 Å². The fourth-order valence-corrected chi connectivity index (χ4v) is 4.00. The average Bonchev–Trinajstić information content (AvgIpc) is 3.13. The Morgan fingerprint density at radius 2 is 1.76 bits per heavy atom. The van der Waals surface area contributed by atoms with E-state index in [1.807, 2.05) is 6.92 Å². The Hall–Kier alpha value is -4.13. The van der Waals surface area contributed by atoms with Gasteiger partial charge in [0.15, 0.2) is 0 Å². The SMILES string of the molecule is CCCOc1cccc(/C(O)=C2/C(=O)C(=O)N(c3ccc(F)cc3)C2c2ccccc2OC)c1. The first-order valence-electron chi connectivity index (χ1n) is 10.9. The number of carbonyl (C=O) groups is 2. The normalized spacial score (nSPS) is 17.1. The van der Waals surface area contributed by atoms with Gasteiger partial charge in [0.2, 0.25) is 0 Å². The molecule has 1 amide bonds. The molecular weight excluding hydrogens is 437 g/mol. The second kappa shape index (κ2) is 9.79. The Morgan fingerprint density at radius 3 is 2.47 bits per heavy atom. The summed E-state index contributed by atoms with van der Waals surface area (Å²) in [7, 11) is 1.48. The molecule has 0 saturated carbocycles. The Labute approximate surface area is 196 Å². The standard InChI is InChI=1S/C27H24FNO5/c1-3-15-34-20-8-6-7-17(16-20)25(30)23-24(21-9-4-5-10-22(21)33-2)29(27(32)26(23)31)19-13-11-18(28)12-14-19/h4-14,16,24,30H,3,15H2,1-2H3/b25-23-. The molecule has 1 heterocycles. The average molecular weight is 461 g/mol. The van der Waals surface area contributed by atoms with E-state index in [1.54, 1.807) is 48.5 Å². The van der Waals surface area contributed by atoms with E-state index in [2.05, 4.69) is 0 Å². The fraction of sp³-hybridized carbons (Fsp3) is 0.185. The maximum Gasteiger partial charge on any atom is 0.300 e. The van der Waals surface area contributed by atoms with Crippen LogP contribution in [-0.4, -0.2) is 30.5 Å². The smallest absolute Gasteiger partial charge is 0.300 e. The van der Waals surface area contributed by atoms with Gasteiger partial charge in [0, 0.05) is 16.8 Å².